The van der Waals surface area contributed by atoms with Crippen LogP contribution in [0.2, 0.25) is 0 Å². The van der Waals surface area contributed by atoms with Gasteiger partial charge in [-0.25, -0.2) is 5.10 Å². The average Bonchev–Trinajstić information content (AvgIpc) is 2.92. The molecule has 0 aliphatic rings. The Balaban J connectivity index is 2.01. The van der Waals surface area contributed by atoms with Crippen molar-refractivity contribution in [3.05, 3.63) is 52.8 Å². The van der Waals surface area contributed by atoms with E-state index >= 15 is 0 Å². The SMILES string of the molecule is O=c1[nH]nnc2c(-c3ccc4ccccc4c3)nsc12. The van der Waals surface area contributed by atoms with Crippen LogP contribution < -0.4 is 5.56 Å². The molecule has 4 rings (SSSR count). The number of benzene rings is 2. The average molecular weight is 280 g/mol. The second-order valence-electron chi connectivity index (χ2n) is 4.41. The van der Waals surface area contributed by atoms with Crippen LogP contribution in [-0.2, 0) is 0 Å². The maximum absolute atomic E-state index is 11.6. The normalized spacial score (nSPS) is 11.2. The van der Waals surface area contributed by atoms with Crippen molar-refractivity contribution in [2.75, 3.05) is 0 Å². The van der Waals surface area contributed by atoms with Gasteiger partial charge in [-0.1, -0.05) is 41.6 Å². The highest BCUT2D eigenvalue weighted by atomic mass is 32.1. The molecule has 1 N–H and O–H groups in total. The lowest BCUT2D eigenvalue weighted by Gasteiger charge is -2.01. The van der Waals surface area contributed by atoms with Crippen LogP contribution in [0.5, 0.6) is 0 Å². The summed E-state index contributed by atoms with van der Waals surface area (Å²) in [6.45, 7) is 0. The van der Waals surface area contributed by atoms with Crippen LogP contribution in [0.1, 0.15) is 0 Å². The molecule has 0 saturated heterocycles. The minimum atomic E-state index is -0.250. The zero-order valence-electron chi connectivity index (χ0n) is 10.2. The lowest BCUT2D eigenvalue weighted by atomic mass is 10.0. The van der Waals surface area contributed by atoms with E-state index in [4.69, 9.17) is 0 Å². The zero-order valence-corrected chi connectivity index (χ0v) is 11.0. The Labute approximate surface area is 117 Å². The molecular formula is C14H8N4OS. The summed E-state index contributed by atoms with van der Waals surface area (Å²) in [5.74, 6) is 0. The molecule has 0 atom stereocenters. The minimum absolute atomic E-state index is 0.250. The molecule has 6 heteroatoms. The van der Waals surface area contributed by atoms with Gasteiger partial charge in [0.2, 0.25) is 0 Å². The molecule has 0 bridgehead atoms. The van der Waals surface area contributed by atoms with E-state index in [1.165, 1.54) is 5.39 Å². The molecule has 20 heavy (non-hydrogen) atoms. The Kier molecular flexibility index (Phi) is 2.37. The highest BCUT2D eigenvalue weighted by Crippen LogP contribution is 2.29. The van der Waals surface area contributed by atoms with Crippen LogP contribution in [0.15, 0.2) is 47.3 Å². The summed E-state index contributed by atoms with van der Waals surface area (Å²) in [5, 5.41) is 12.2. The van der Waals surface area contributed by atoms with Crippen molar-refractivity contribution in [3.63, 3.8) is 0 Å². The molecule has 0 amide bonds. The number of nitrogens with zero attached hydrogens (tertiary/aromatic N) is 3. The second-order valence-corrected chi connectivity index (χ2v) is 5.19. The summed E-state index contributed by atoms with van der Waals surface area (Å²) in [6, 6.07) is 14.2. The summed E-state index contributed by atoms with van der Waals surface area (Å²) in [4.78, 5) is 11.6. The molecule has 0 unspecified atom stereocenters. The standard InChI is InChI=1S/C14H8N4OS/c19-14-13-12(15-18-16-14)11(17-20-13)10-6-5-8-3-1-2-4-9(8)7-10/h1-7H,(H,15,16,19). The van der Waals surface area contributed by atoms with Crippen molar-refractivity contribution in [3.8, 4) is 11.3 Å². The molecule has 0 radical (unpaired) electrons. The minimum Gasteiger partial charge on any atom is -0.266 e. The fourth-order valence-electron chi connectivity index (χ4n) is 2.22. The summed E-state index contributed by atoms with van der Waals surface area (Å²) in [6.07, 6.45) is 0. The molecule has 2 aromatic carbocycles. The first kappa shape index (κ1) is 11.2. The first-order valence-corrected chi connectivity index (χ1v) is 6.80. The quantitative estimate of drug-likeness (QED) is 0.581. The number of aromatic nitrogens is 4. The van der Waals surface area contributed by atoms with E-state index in [1.807, 2.05) is 36.4 Å². The smallest absolute Gasteiger partial charge is 0.266 e. The molecular weight excluding hydrogens is 272 g/mol. The Morgan fingerprint density at radius 2 is 1.90 bits per heavy atom. The summed E-state index contributed by atoms with van der Waals surface area (Å²) >= 11 is 1.14. The summed E-state index contributed by atoms with van der Waals surface area (Å²) in [5.41, 5.74) is 1.94. The predicted molar refractivity (Wildman–Crippen MR) is 78.8 cm³/mol. The Hall–Kier alpha value is -2.60. The van der Waals surface area contributed by atoms with Crippen LogP contribution in [-0.4, -0.2) is 19.8 Å². The van der Waals surface area contributed by atoms with Crippen molar-refractivity contribution in [2.24, 2.45) is 0 Å². The molecule has 0 saturated carbocycles. The van der Waals surface area contributed by atoms with Gasteiger partial charge in [-0.05, 0) is 28.4 Å². The molecule has 0 aliphatic heterocycles. The van der Waals surface area contributed by atoms with Gasteiger partial charge >= 0.3 is 0 Å². The third kappa shape index (κ3) is 1.62. The number of hydrogen-bond donors (Lipinski definition) is 1. The van der Waals surface area contributed by atoms with Gasteiger partial charge in [0.05, 0.1) is 0 Å². The third-order valence-electron chi connectivity index (χ3n) is 3.20. The fourth-order valence-corrected chi connectivity index (χ4v) is 2.95. The number of rotatable bonds is 1. The topological polar surface area (TPSA) is 71.5 Å². The molecule has 0 aliphatic carbocycles. The van der Waals surface area contributed by atoms with Gasteiger partial charge in [0.25, 0.3) is 5.56 Å². The monoisotopic (exact) mass is 280 g/mol. The first-order valence-electron chi connectivity index (χ1n) is 6.03. The first-order chi connectivity index (χ1) is 9.83. The Morgan fingerprint density at radius 3 is 2.80 bits per heavy atom. The molecule has 0 fully saturated rings. The van der Waals surface area contributed by atoms with Gasteiger partial charge in [-0.2, -0.15) is 4.37 Å². The maximum Gasteiger partial charge on any atom is 0.286 e. The van der Waals surface area contributed by atoms with Crippen LogP contribution in [0.4, 0.5) is 0 Å². The Bertz CT molecular complexity index is 989. The van der Waals surface area contributed by atoms with Crippen molar-refractivity contribution >= 4 is 32.5 Å². The van der Waals surface area contributed by atoms with Gasteiger partial charge in [0, 0.05) is 5.56 Å². The van der Waals surface area contributed by atoms with Crippen molar-refractivity contribution in [1.29, 1.82) is 0 Å². The van der Waals surface area contributed by atoms with E-state index in [0.717, 1.165) is 22.5 Å². The van der Waals surface area contributed by atoms with E-state index < -0.39 is 0 Å². The van der Waals surface area contributed by atoms with Gasteiger partial charge in [0.15, 0.2) is 0 Å². The molecule has 5 nitrogen and oxygen atoms in total. The number of nitrogens with one attached hydrogen (secondary N) is 1. The molecule has 0 spiro atoms. The number of aromatic amines is 1. The van der Waals surface area contributed by atoms with E-state index in [9.17, 15) is 4.79 Å². The van der Waals surface area contributed by atoms with Crippen molar-refractivity contribution in [2.45, 2.75) is 0 Å². The lowest BCUT2D eigenvalue weighted by Crippen LogP contribution is -2.07. The molecule has 2 aromatic heterocycles. The molecule has 96 valence electrons. The van der Waals surface area contributed by atoms with Gasteiger partial charge in [-0.15, -0.1) is 5.10 Å². The fraction of sp³-hybridized carbons (Fsp3) is 0. The van der Waals surface area contributed by atoms with Crippen LogP contribution in [0.3, 0.4) is 0 Å². The van der Waals surface area contributed by atoms with Gasteiger partial charge in [0.1, 0.15) is 15.9 Å². The van der Waals surface area contributed by atoms with Crippen molar-refractivity contribution in [1.82, 2.24) is 19.8 Å². The highest BCUT2D eigenvalue weighted by molar-refractivity contribution is 7.13. The predicted octanol–water partition coefficient (Wildman–Crippen LogP) is 2.59. The van der Waals surface area contributed by atoms with E-state index in [-0.39, 0.29) is 5.56 Å². The van der Waals surface area contributed by atoms with E-state index in [0.29, 0.717) is 15.9 Å². The number of fused-ring (bicyclic) bond motifs is 2. The van der Waals surface area contributed by atoms with Crippen LogP contribution >= 0.6 is 11.5 Å². The number of hydrogen-bond acceptors (Lipinski definition) is 5. The Morgan fingerprint density at radius 1 is 1.05 bits per heavy atom. The zero-order chi connectivity index (χ0) is 13.5. The maximum atomic E-state index is 11.6. The van der Waals surface area contributed by atoms with Gasteiger partial charge < -0.3 is 0 Å². The van der Waals surface area contributed by atoms with E-state index in [2.05, 4.69) is 25.9 Å². The molecule has 2 heterocycles. The lowest BCUT2D eigenvalue weighted by molar-refractivity contribution is 0.875. The van der Waals surface area contributed by atoms with Crippen molar-refractivity contribution < 1.29 is 0 Å². The third-order valence-corrected chi connectivity index (χ3v) is 4.03. The number of H-pyrrole nitrogens is 1. The van der Waals surface area contributed by atoms with Crippen LogP contribution in [0.25, 0.3) is 32.2 Å². The summed E-state index contributed by atoms with van der Waals surface area (Å²) < 4.78 is 4.86. The summed E-state index contributed by atoms with van der Waals surface area (Å²) in [7, 11) is 0. The van der Waals surface area contributed by atoms with Gasteiger partial charge in [-0.3, -0.25) is 4.79 Å². The largest absolute Gasteiger partial charge is 0.286 e. The van der Waals surface area contributed by atoms with E-state index in [1.54, 1.807) is 0 Å². The van der Waals surface area contributed by atoms with Crippen LogP contribution in [0, 0.1) is 0 Å². The molecule has 4 aromatic rings. The highest BCUT2D eigenvalue weighted by Gasteiger charge is 2.13. The second kappa shape index (κ2) is 4.21.